The Morgan fingerprint density at radius 1 is 1.44 bits per heavy atom. The Morgan fingerprint density at radius 3 is 2.56 bits per heavy atom. The normalized spacial score (nSPS) is 11.7. The number of amides is 1. The van der Waals surface area contributed by atoms with E-state index in [2.05, 4.69) is 0 Å². The summed E-state index contributed by atoms with van der Waals surface area (Å²) in [6.45, 7) is 0. The van der Waals surface area contributed by atoms with Crippen LogP contribution in [-0.4, -0.2) is 34.5 Å². The second-order valence-electron chi connectivity index (χ2n) is 3.46. The highest BCUT2D eigenvalue weighted by Crippen LogP contribution is 2.24. The fraction of sp³-hybridized carbons (Fsp3) is 0.273. The molecule has 0 spiro atoms. The fourth-order valence-corrected chi connectivity index (χ4v) is 1.95. The average Bonchev–Trinajstić information content (AvgIpc) is 2.26. The van der Waals surface area contributed by atoms with Crippen molar-refractivity contribution >= 4 is 34.1 Å². The van der Waals surface area contributed by atoms with E-state index < -0.39 is 5.92 Å². The van der Waals surface area contributed by atoms with Gasteiger partial charge in [-0.05, 0) is 11.6 Å². The number of carbonyl (C=O) groups excluding carboxylic acids is 1. The highest BCUT2D eigenvalue weighted by molar-refractivity contribution is 7.65. The van der Waals surface area contributed by atoms with Gasteiger partial charge in [-0.15, -0.1) is 0 Å². The molecule has 0 aromatic heterocycles. The van der Waals surface area contributed by atoms with Crippen molar-refractivity contribution < 1.29 is 9.00 Å². The summed E-state index contributed by atoms with van der Waals surface area (Å²) < 4.78 is 10.6. The molecule has 86 valence electrons. The molecular formula is C11H12ClNO2S. The zero-order valence-electron chi connectivity index (χ0n) is 9.01. The van der Waals surface area contributed by atoms with Gasteiger partial charge in [0.25, 0.3) is 0 Å². The Bertz CT molecular complexity index is 441. The quantitative estimate of drug-likeness (QED) is 0.770. The predicted octanol–water partition coefficient (Wildman–Crippen LogP) is 1.53. The molecule has 1 atom stereocenters. The van der Waals surface area contributed by atoms with Crippen molar-refractivity contribution in [3.8, 4) is 0 Å². The summed E-state index contributed by atoms with van der Waals surface area (Å²) in [5, 5.41) is 1.84. The van der Waals surface area contributed by atoms with E-state index in [1.807, 2.05) is 0 Å². The van der Waals surface area contributed by atoms with Crippen LogP contribution in [0.4, 0.5) is 0 Å². The van der Waals surface area contributed by atoms with E-state index in [0.717, 1.165) is 0 Å². The van der Waals surface area contributed by atoms with Crippen molar-refractivity contribution in [2.24, 2.45) is 0 Å². The number of nitrogens with zero attached hydrogens (tertiary/aromatic N) is 1. The van der Waals surface area contributed by atoms with Gasteiger partial charge in [-0.3, -0.25) is 4.79 Å². The van der Waals surface area contributed by atoms with Crippen LogP contribution >= 0.6 is 11.6 Å². The Kier molecular flexibility index (Phi) is 4.71. The maximum atomic E-state index is 11.9. The number of rotatable bonds is 3. The average molecular weight is 258 g/mol. The number of hydrogen-bond donors (Lipinski definition) is 0. The molecular weight excluding hydrogens is 246 g/mol. The van der Waals surface area contributed by atoms with Gasteiger partial charge in [0.05, 0.1) is 17.2 Å². The summed E-state index contributed by atoms with van der Waals surface area (Å²) in [5.74, 6) is -0.748. The lowest BCUT2D eigenvalue weighted by Crippen LogP contribution is -2.29. The van der Waals surface area contributed by atoms with E-state index in [1.165, 1.54) is 10.3 Å². The first kappa shape index (κ1) is 12.9. The molecule has 1 aromatic rings. The molecule has 5 heteroatoms. The Hall–Kier alpha value is -1.13. The topological polar surface area (TPSA) is 37.4 Å². The Morgan fingerprint density at radius 2 is 2.06 bits per heavy atom. The van der Waals surface area contributed by atoms with Crippen molar-refractivity contribution in [3.05, 3.63) is 34.9 Å². The molecule has 0 aliphatic carbocycles. The van der Waals surface area contributed by atoms with Crippen LogP contribution in [-0.2, 0) is 16.1 Å². The van der Waals surface area contributed by atoms with E-state index in [1.54, 1.807) is 38.4 Å². The molecule has 0 fully saturated rings. The van der Waals surface area contributed by atoms with Gasteiger partial charge < -0.3 is 4.90 Å². The standard InChI is InChI=1S/C11H12ClNO2S/c1-13(2)11(14)9(7-16-15)8-5-3-4-6-10(8)12/h3-7,9H,1-2H3. The van der Waals surface area contributed by atoms with E-state index >= 15 is 0 Å². The molecule has 0 radical (unpaired) electrons. The first-order chi connectivity index (χ1) is 7.57. The van der Waals surface area contributed by atoms with Gasteiger partial charge >= 0.3 is 0 Å². The van der Waals surface area contributed by atoms with Crippen molar-refractivity contribution in [3.63, 3.8) is 0 Å². The summed E-state index contributed by atoms with van der Waals surface area (Å²) in [6.07, 6.45) is 0. The largest absolute Gasteiger partial charge is 0.348 e. The van der Waals surface area contributed by atoms with E-state index in [9.17, 15) is 9.00 Å². The van der Waals surface area contributed by atoms with Gasteiger partial charge in [-0.25, -0.2) is 4.21 Å². The first-order valence-corrected chi connectivity index (χ1v) is 5.83. The molecule has 0 aliphatic heterocycles. The molecule has 1 rings (SSSR count). The molecule has 0 N–H and O–H groups in total. The summed E-state index contributed by atoms with van der Waals surface area (Å²) >= 11 is 6.28. The SMILES string of the molecule is CN(C)C(=O)C(C=S=O)c1ccccc1Cl. The molecule has 0 aliphatic rings. The molecule has 0 bridgehead atoms. The lowest BCUT2D eigenvalue weighted by Gasteiger charge is -2.17. The Labute approximate surface area is 103 Å². The third kappa shape index (κ3) is 2.93. The third-order valence-electron chi connectivity index (χ3n) is 2.14. The third-order valence-corrected chi connectivity index (χ3v) is 2.87. The predicted molar refractivity (Wildman–Crippen MR) is 67.1 cm³/mol. The maximum Gasteiger partial charge on any atom is 0.234 e. The van der Waals surface area contributed by atoms with Gasteiger partial charge in [-0.2, -0.15) is 0 Å². The van der Waals surface area contributed by atoms with Crippen LogP contribution < -0.4 is 0 Å². The van der Waals surface area contributed by atoms with Crippen LogP contribution in [0, 0.1) is 0 Å². The minimum absolute atomic E-state index is 0.156. The van der Waals surface area contributed by atoms with E-state index in [4.69, 9.17) is 11.6 Å². The molecule has 1 amide bonds. The fourth-order valence-electron chi connectivity index (χ4n) is 1.33. The minimum atomic E-state index is -0.591. The molecule has 16 heavy (non-hydrogen) atoms. The van der Waals surface area contributed by atoms with E-state index in [0.29, 0.717) is 10.6 Å². The monoisotopic (exact) mass is 257 g/mol. The lowest BCUT2D eigenvalue weighted by atomic mass is 10.00. The van der Waals surface area contributed by atoms with E-state index in [-0.39, 0.29) is 17.2 Å². The first-order valence-electron chi connectivity index (χ1n) is 4.65. The second kappa shape index (κ2) is 5.82. The van der Waals surface area contributed by atoms with Gasteiger partial charge in [0.1, 0.15) is 0 Å². The van der Waals surface area contributed by atoms with Crippen LogP contribution in [0.5, 0.6) is 0 Å². The van der Waals surface area contributed by atoms with Crippen LogP contribution in [0.1, 0.15) is 11.5 Å². The van der Waals surface area contributed by atoms with Gasteiger partial charge in [0.2, 0.25) is 5.91 Å². The molecule has 3 nitrogen and oxygen atoms in total. The number of halogens is 1. The molecule has 0 saturated heterocycles. The lowest BCUT2D eigenvalue weighted by molar-refractivity contribution is -0.128. The zero-order valence-corrected chi connectivity index (χ0v) is 10.6. The number of hydrogen-bond acceptors (Lipinski definition) is 2. The summed E-state index contributed by atoms with van der Waals surface area (Å²) in [7, 11) is 3.30. The zero-order chi connectivity index (χ0) is 12.1. The van der Waals surface area contributed by atoms with Gasteiger partial charge in [0.15, 0.2) is 0 Å². The van der Waals surface area contributed by atoms with Crippen molar-refractivity contribution in [2.75, 3.05) is 14.1 Å². The van der Waals surface area contributed by atoms with Gasteiger partial charge in [-0.1, -0.05) is 29.8 Å². The van der Waals surface area contributed by atoms with Crippen molar-refractivity contribution in [1.82, 2.24) is 4.90 Å². The molecule has 1 aromatic carbocycles. The summed E-state index contributed by atoms with van der Waals surface area (Å²) in [4.78, 5) is 13.3. The smallest absolute Gasteiger partial charge is 0.234 e. The molecule has 1 unspecified atom stereocenters. The summed E-state index contributed by atoms with van der Waals surface area (Å²) in [5.41, 5.74) is 0.659. The maximum absolute atomic E-state index is 11.9. The number of likely N-dealkylation sites (N-methyl/N-ethyl adjacent to an activating group) is 1. The molecule has 0 heterocycles. The van der Waals surface area contributed by atoms with Crippen LogP contribution in [0.25, 0.3) is 0 Å². The van der Waals surface area contributed by atoms with Crippen LogP contribution in [0.2, 0.25) is 5.02 Å². The number of benzene rings is 1. The van der Waals surface area contributed by atoms with Crippen molar-refractivity contribution in [2.45, 2.75) is 5.92 Å². The number of carbonyl (C=O) groups is 1. The van der Waals surface area contributed by atoms with Crippen LogP contribution in [0.15, 0.2) is 24.3 Å². The van der Waals surface area contributed by atoms with Gasteiger partial charge in [0, 0.05) is 24.5 Å². The second-order valence-corrected chi connectivity index (χ2v) is 4.34. The highest BCUT2D eigenvalue weighted by atomic mass is 35.5. The van der Waals surface area contributed by atoms with Crippen molar-refractivity contribution in [1.29, 1.82) is 0 Å². The highest BCUT2D eigenvalue weighted by Gasteiger charge is 2.22. The Balaban J connectivity index is 3.18. The van der Waals surface area contributed by atoms with Crippen LogP contribution in [0.3, 0.4) is 0 Å². The minimum Gasteiger partial charge on any atom is -0.348 e. The molecule has 0 saturated carbocycles. The summed E-state index contributed by atoms with van der Waals surface area (Å²) in [6, 6.07) is 7.03.